The standard InChI is InChI=1S/C20H24N2O3/c1-13-18(22-19(23)25-20(2,3)4)9-16(10-21-13)14-6-5-7-15(8-14)17-11-24-12-17/h5-10,17H,11-12H2,1-4H3,(H,22,23). The molecule has 1 saturated heterocycles. The van der Waals surface area contributed by atoms with E-state index >= 15 is 0 Å². The average Bonchev–Trinajstić information content (AvgIpc) is 2.46. The summed E-state index contributed by atoms with van der Waals surface area (Å²) in [6.45, 7) is 8.93. The minimum absolute atomic E-state index is 0.470. The molecule has 0 unspecified atom stereocenters. The van der Waals surface area contributed by atoms with Gasteiger partial charge in [0.1, 0.15) is 5.60 Å². The van der Waals surface area contributed by atoms with Crippen molar-refractivity contribution >= 4 is 11.8 Å². The minimum atomic E-state index is -0.539. The molecular formula is C20H24N2O3. The van der Waals surface area contributed by atoms with E-state index in [-0.39, 0.29) is 0 Å². The molecule has 0 spiro atoms. The van der Waals surface area contributed by atoms with Crippen LogP contribution in [0.2, 0.25) is 0 Å². The summed E-state index contributed by atoms with van der Waals surface area (Å²) in [5.74, 6) is 0.470. The van der Waals surface area contributed by atoms with Crippen molar-refractivity contribution in [1.29, 1.82) is 0 Å². The molecule has 1 aliphatic heterocycles. The number of nitrogens with zero attached hydrogens (tertiary/aromatic N) is 1. The number of hydrogen-bond donors (Lipinski definition) is 1. The van der Waals surface area contributed by atoms with Crippen molar-refractivity contribution in [3.8, 4) is 11.1 Å². The van der Waals surface area contributed by atoms with Gasteiger partial charge in [0, 0.05) is 17.7 Å². The summed E-state index contributed by atoms with van der Waals surface area (Å²) in [5.41, 5.74) is 4.17. The lowest BCUT2D eigenvalue weighted by molar-refractivity contribution is 0.00844. The van der Waals surface area contributed by atoms with E-state index in [1.165, 1.54) is 5.56 Å². The molecule has 0 aliphatic carbocycles. The van der Waals surface area contributed by atoms with Gasteiger partial charge in [-0.3, -0.25) is 10.3 Å². The fourth-order valence-corrected chi connectivity index (χ4v) is 2.63. The van der Waals surface area contributed by atoms with Gasteiger partial charge in [-0.25, -0.2) is 4.79 Å². The van der Waals surface area contributed by atoms with E-state index in [4.69, 9.17) is 9.47 Å². The SMILES string of the molecule is Cc1ncc(-c2cccc(C3COC3)c2)cc1NC(=O)OC(C)(C)C. The summed E-state index contributed by atoms with van der Waals surface area (Å²) < 4.78 is 10.6. The van der Waals surface area contributed by atoms with Crippen LogP contribution in [0.15, 0.2) is 36.5 Å². The van der Waals surface area contributed by atoms with Gasteiger partial charge in [0.15, 0.2) is 0 Å². The first-order valence-corrected chi connectivity index (χ1v) is 8.46. The van der Waals surface area contributed by atoms with Crippen molar-refractivity contribution < 1.29 is 14.3 Å². The third-order valence-electron chi connectivity index (χ3n) is 4.05. The van der Waals surface area contributed by atoms with Gasteiger partial charge in [0.25, 0.3) is 0 Å². The lowest BCUT2D eigenvalue weighted by Crippen LogP contribution is -2.27. The first-order valence-electron chi connectivity index (χ1n) is 8.46. The van der Waals surface area contributed by atoms with E-state index in [0.29, 0.717) is 11.6 Å². The summed E-state index contributed by atoms with van der Waals surface area (Å²) in [7, 11) is 0. The topological polar surface area (TPSA) is 60.5 Å². The third-order valence-corrected chi connectivity index (χ3v) is 4.05. The Morgan fingerprint density at radius 3 is 2.64 bits per heavy atom. The molecule has 5 nitrogen and oxygen atoms in total. The normalized spacial score (nSPS) is 14.7. The van der Waals surface area contributed by atoms with Crippen molar-refractivity contribution in [2.24, 2.45) is 0 Å². The predicted molar refractivity (Wildman–Crippen MR) is 97.8 cm³/mol. The second kappa shape index (κ2) is 6.84. The molecule has 1 aromatic carbocycles. The van der Waals surface area contributed by atoms with Gasteiger partial charge < -0.3 is 9.47 Å². The van der Waals surface area contributed by atoms with Crippen LogP contribution >= 0.6 is 0 Å². The van der Waals surface area contributed by atoms with Crippen LogP contribution in [0.3, 0.4) is 0 Å². The van der Waals surface area contributed by atoms with E-state index in [1.54, 1.807) is 0 Å². The maximum atomic E-state index is 12.0. The fraction of sp³-hybridized carbons (Fsp3) is 0.400. The smallest absolute Gasteiger partial charge is 0.412 e. The molecular weight excluding hydrogens is 316 g/mol. The summed E-state index contributed by atoms with van der Waals surface area (Å²) in [6.07, 6.45) is 1.35. The number of ether oxygens (including phenoxy) is 2. The van der Waals surface area contributed by atoms with Gasteiger partial charge in [-0.05, 0) is 44.9 Å². The van der Waals surface area contributed by atoms with E-state index in [1.807, 2.05) is 52.1 Å². The number of benzene rings is 1. The van der Waals surface area contributed by atoms with Crippen LogP contribution in [0.4, 0.5) is 10.5 Å². The van der Waals surface area contributed by atoms with Crippen molar-refractivity contribution in [3.05, 3.63) is 47.8 Å². The number of hydrogen-bond acceptors (Lipinski definition) is 4. The van der Waals surface area contributed by atoms with E-state index in [0.717, 1.165) is 30.0 Å². The zero-order valence-electron chi connectivity index (χ0n) is 15.1. The third kappa shape index (κ3) is 4.37. The molecule has 1 amide bonds. The molecule has 0 saturated carbocycles. The van der Waals surface area contributed by atoms with Gasteiger partial charge in [-0.2, -0.15) is 0 Å². The highest BCUT2D eigenvalue weighted by Gasteiger charge is 2.21. The largest absolute Gasteiger partial charge is 0.444 e. The van der Waals surface area contributed by atoms with Crippen molar-refractivity contribution in [2.45, 2.75) is 39.2 Å². The van der Waals surface area contributed by atoms with Crippen LogP contribution in [0.1, 0.15) is 37.9 Å². The molecule has 1 fully saturated rings. The van der Waals surface area contributed by atoms with Gasteiger partial charge in [-0.1, -0.05) is 24.3 Å². The summed E-state index contributed by atoms with van der Waals surface area (Å²) >= 11 is 0. The summed E-state index contributed by atoms with van der Waals surface area (Å²) in [5, 5.41) is 2.79. The van der Waals surface area contributed by atoms with Crippen LogP contribution in [0.5, 0.6) is 0 Å². The Balaban J connectivity index is 1.82. The van der Waals surface area contributed by atoms with Crippen molar-refractivity contribution in [1.82, 2.24) is 4.98 Å². The second-order valence-corrected chi connectivity index (χ2v) is 7.34. The highest BCUT2D eigenvalue weighted by molar-refractivity contribution is 5.86. The van der Waals surface area contributed by atoms with Crippen LogP contribution < -0.4 is 5.32 Å². The number of amides is 1. The van der Waals surface area contributed by atoms with Crippen LogP contribution in [-0.2, 0) is 9.47 Å². The van der Waals surface area contributed by atoms with Gasteiger partial charge >= 0.3 is 6.09 Å². The van der Waals surface area contributed by atoms with Gasteiger partial charge in [-0.15, -0.1) is 0 Å². The molecule has 1 aromatic heterocycles. The van der Waals surface area contributed by atoms with Crippen molar-refractivity contribution in [3.63, 3.8) is 0 Å². The Hall–Kier alpha value is -2.40. The molecule has 132 valence electrons. The Morgan fingerprint density at radius 1 is 1.24 bits per heavy atom. The zero-order valence-corrected chi connectivity index (χ0v) is 15.1. The number of pyridine rings is 1. The number of aryl methyl sites for hydroxylation is 1. The number of aromatic nitrogens is 1. The molecule has 1 N–H and O–H groups in total. The Kier molecular flexibility index (Phi) is 4.77. The van der Waals surface area contributed by atoms with E-state index < -0.39 is 11.7 Å². The Bertz CT molecular complexity index is 777. The zero-order chi connectivity index (χ0) is 18.0. The molecule has 0 atom stereocenters. The molecule has 0 radical (unpaired) electrons. The number of carbonyl (C=O) groups excluding carboxylic acids is 1. The minimum Gasteiger partial charge on any atom is -0.444 e. The molecule has 2 heterocycles. The first-order chi connectivity index (χ1) is 11.8. The number of carbonyl (C=O) groups is 1. The molecule has 25 heavy (non-hydrogen) atoms. The van der Waals surface area contributed by atoms with Gasteiger partial charge in [0.05, 0.1) is 24.6 Å². The first kappa shape index (κ1) is 17.4. The lowest BCUT2D eigenvalue weighted by atomic mass is 9.94. The highest BCUT2D eigenvalue weighted by atomic mass is 16.6. The van der Waals surface area contributed by atoms with Crippen LogP contribution in [0.25, 0.3) is 11.1 Å². The fourth-order valence-electron chi connectivity index (χ4n) is 2.63. The van der Waals surface area contributed by atoms with Crippen LogP contribution in [0, 0.1) is 6.92 Å². The highest BCUT2D eigenvalue weighted by Crippen LogP contribution is 2.29. The quantitative estimate of drug-likeness (QED) is 0.892. The maximum Gasteiger partial charge on any atom is 0.412 e. The number of rotatable bonds is 3. The molecule has 0 bridgehead atoms. The van der Waals surface area contributed by atoms with Crippen LogP contribution in [-0.4, -0.2) is 29.9 Å². The molecule has 1 aliphatic rings. The average molecular weight is 340 g/mol. The Morgan fingerprint density at radius 2 is 2.00 bits per heavy atom. The maximum absolute atomic E-state index is 12.0. The summed E-state index contributed by atoms with van der Waals surface area (Å²) in [4.78, 5) is 16.5. The molecule has 5 heteroatoms. The van der Waals surface area contributed by atoms with Gasteiger partial charge in [0.2, 0.25) is 0 Å². The number of nitrogens with one attached hydrogen (secondary N) is 1. The monoisotopic (exact) mass is 340 g/mol. The Labute approximate surface area is 148 Å². The van der Waals surface area contributed by atoms with E-state index in [9.17, 15) is 4.79 Å². The van der Waals surface area contributed by atoms with E-state index in [2.05, 4.69) is 22.4 Å². The molecule has 3 rings (SSSR count). The van der Waals surface area contributed by atoms with Crippen molar-refractivity contribution in [2.75, 3.05) is 18.5 Å². The predicted octanol–water partition coefficient (Wildman–Crippen LogP) is 4.52. The summed E-state index contributed by atoms with van der Waals surface area (Å²) in [6, 6.07) is 10.3. The lowest BCUT2D eigenvalue weighted by Gasteiger charge is -2.26. The number of anilines is 1. The molecule has 2 aromatic rings. The second-order valence-electron chi connectivity index (χ2n) is 7.34.